The van der Waals surface area contributed by atoms with Crippen molar-refractivity contribution in [3.63, 3.8) is 0 Å². The minimum absolute atomic E-state index is 0.213. The van der Waals surface area contributed by atoms with Crippen molar-refractivity contribution < 1.29 is 4.74 Å². The van der Waals surface area contributed by atoms with Crippen molar-refractivity contribution in [2.75, 3.05) is 13.7 Å². The van der Waals surface area contributed by atoms with E-state index in [9.17, 15) is 0 Å². The normalized spacial score (nSPS) is 12.4. The number of likely N-dealkylation sites (N-methyl/N-ethyl adjacent to an activating group) is 1. The fourth-order valence-corrected chi connectivity index (χ4v) is 2.43. The number of benzene rings is 1. The number of nitrogens with one attached hydrogen (secondary N) is 1. The second-order valence-electron chi connectivity index (χ2n) is 5.04. The van der Waals surface area contributed by atoms with Crippen LogP contribution in [0.1, 0.15) is 29.8 Å². The molecule has 20 heavy (non-hydrogen) atoms. The number of methoxy groups -OCH3 is 1. The summed E-state index contributed by atoms with van der Waals surface area (Å²) in [5.41, 5.74) is 3.48. The number of aromatic nitrogens is 2. The molecule has 4 heteroatoms. The summed E-state index contributed by atoms with van der Waals surface area (Å²) < 4.78 is 7.37. The molecule has 0 bridgehead atoms. The second kappa shape index (κ2) is 6.57. The highest BCUT2D eigenvalue weighted by Crippen LogP contribution is 2.28. The Labute approximate surface area is 120 Å². The van der Waals surface area contributed by atoms with Crippen molar-refractivity contribution in [1.29, 1.82) is 0 Å². The number of nitrogens with zero attached hydrogens (tertiary/aromatic N) is 2. The van der Waals surface area contributed by atoms with E-state index in [-0.39, 0.29) is 6.04 Å². The molecule has 0 fully saturated rings. The van der Waals surface area contributed by atoms with E-state index in [0.717, 1.165) is 24.4 Å². The predicted molar refractivity (Wildman–Crippen MR) is 81.1 cm³/mol. The van der Waals surface area contributed by atoms with E-state index in [2.05, 4.69) is 48.5 Å². The summed E-state index contributed by atoms with van der Waals surface area (Å²) in [5.74, 6) is 0.937. The molecule has 0 spiro atoms. The fourth-order valence-electron chi connectivity index (χ4n) is 2.43. The average Bonchev–Trinajstić information content (AvgIpc) is 2.83. The van der Waals surface area contributed by atoms with E-state index in [4.69, 9.17) is 4.74 Å². The summed E-state index contributed by atoms with van der Waals surface area (Å²) in [7, 11) is 3.67. The molecular weight excluding hydrogens is 250 g/mol. The van der Waals surface area contributed by atoms with Gasteiger partial charge in [-0.1, -0.05) is 19.1 Å². The van der Waals surface area contributed by atoms with Crippen LogP contribution in [-0.2, 0) is 13.5 Å². The van der Waals surface area contributed by atoms with Crippen molar-refractivity contribution in [2.24, 2.45) is 7.05 Å². The van der Waals surface area contributed by atoms with Gasteiger partial charge in [-0.3, -0.25) is 4.68 Å². The van der Waals surface area contributed by atoms with Gasteiger partial charge in [-0.15, -0.1) is 0 Å². The Morgan fingerprint density at radius 2 is 2.15 bits per heavy atom. The molecule has 0 aliphatic heterocycles. The Hall–Kier alpha value is -1.81. The SMILES string of the molecule is CCNC(Cc1ccn(C)n1)c1ccc(C)cc1OC. The molecule has 1 unspecified atom stereocenters. The highest BCUT2D eigenvalue weighted by atomic mass is 16.5. The molecule has 0 radical (unpaired) electrons. The fraction of sp³-hybridized carbons (Fsp3) is 0.438. The van der Waals surface area contributed by atoms with Crippen LogP contribution in [0.4, 0.5) is 0 Å². The van der Waals surface area contributed by atoms with E-state index in [1.54, 1.807) is 7.11 Å². The van der Waals surface area contributed by atoms with Crippen LogP contribution in [0.3, 0.4) is 0 Å². The molecule has 1 N–H and O–H groups in total. The number of aryl methyl sites for hydroxylation is 2. The molecule has 2 aromatic rings. The predicted octanol–water partition coefficient (Wildman–Crippen LogP) is 2.63. The first-order valence-corrected chi connectivity index (χ1v) is 7.00. The van der Waals surface area contributed by atoms with Gasteiger partial charge in [0.2, 0.25) is 0 Å². The lowest BCUT2D eigenvalue weighted by Crippen LogP contribution is -2.23. The number of rotatable bonds is 6. The van der Waals surface area contributed by atoms with E-state index in [0.29, 0.717) is 0 Å². The summed E-state index contributed by atoms with van der Waals surface area (Å²) >= 11 is 0. The quantitative estimate of drug-likeness (QED) is 0.879. The highest BCUT2D eigenvalue weighted by Gasteiger charge is 2.17. The van der Waals surface area contributed by atoms with Crippen LogP contribution < -0.4 is 10.1 Å². The van der Waals surface area contributed by atoms with Crippen LogP contribution in [0.2, 0.25) is 0 Å². The third kappa shape index (κ3) is 3.39. The van der Waals surface area contributed by atoms with Crippen molar-refractivity contribution >= 4 is 0 Å². The third-order valence-electron chi connectivity index (χ3n) is 3.40. The van der Waals surface area contributed by atoms with Gasteiger partial charge in [0.25, 0.3) is 0 Å². The Morgan fingerprint density at radius 1 is 1.35 bits per heavy atom. The molecule has 1 aromatic heterocycles. The largest absolute Gasteiger partial charge is 0.496 e. The zero-order chi connectivity index (χ0) is 14.5. The first kappa shape index (κ1) is 14.6. The Kier molecular flexibility index (Phi) is 4.79. The van der Waals surface area contributed by atoms with Gasteiger partial charge in [0.15, 0.2) is 0 Å². The third-order valence-corrected chi connectivity index (χ3v) is 3.40. The first-order valence-electron chi connectivity index (χ1n) is 7.00. The zero-order valence-corrected chi connectivity index (χ0v) is 12.7. The number of ether oxygens (including phenoxy) is 1. The molecule has 0 saturated heterocycles. The average molecular weight is 273 g/mol. The summed E-state index contributed by atoms with van der Waals surface area (Å²) in [6, 6.07) is 8.62. The molecule has 4 nitrogen and oxygen atoms in total. The molecule has 0 aliphatic rings. The lowest BCUT2D eigenvalue weighted by molar-refractivity contribution is 0.398. The first-order chi connectivity index (χ1) is 9.63. The molecule has 0 aliphatic carbocycles. The lowest BCUT2D eigenvalue weighted by atomic mass is 9.99. The van der Waals surface area contributed by atoms with E-state index < -0.39 is 0 Å². The number of hydrogen-bond donors (Lipinski definition) is 1. The summed E-state index contributed by atoms with van der Waals surface area (Å²) in [6.07, 6.45) is 2.83. The van der Waals surface area contributed by atoms with Gasteiger partial charge in [0, 0.05) is 31.3 Å². The maximum atomic E-state index is 5.53. The van der Waals surface area contributed by atoms with Crippen LogP contribution in [0.5, 0.6) is 5.75 Å². The second-order valence-corrected chi connectivity index (χ2v) is 5.04. The molecule has 1 heterocycles. The Bertz CT molecular complexity index is 563. The molecule has 108 valence electrons. The maximum Gasteiger partial charge on any atom is 0.123 e. The molecule has 2 rings (SSSR count). The van der Waals surface area contributed by atoms with Gasteiger partial charge in [-0.2, -0.15) is 5.10 Å². The van der Waals surface area contributed by atoms with Crippen molar-refractivity contribution in [3.8, 4) is 5.75 Å². The van der Waals surface area contributed by atoms with Crippen LogP contribution in [0, 0.1) is 6.92 Å². The van der Waals surface area contributed by atoms with Gasteiger partial charge in [-0.25, -0.2) is 0 Å². The Morgan fingerprint density at radius 3 is 2.75 bits per heavy atom. The van der Waals surface area contributed by atoms with Crippen LogP contribution in [0.15, 0.2) is 30.5 Å². The van der Waals surface area contributed by atoms with E-state index >= 15 is 0 Å². The summed E-state index contributed by atoms with van der Waals surface area (Å²) in [5, 5.41) is 7.99. The molecular formula is C16H23N3O. The monoisotopic (exact) mass is 273 g/mol. The molecule has 1 aromatic carbocycles. The van der Waals surface area contributed by atoms with Gasteiger partial charge in [0.05, 0.1) is 12.8 Å². The van der Waals surface area contributed by atoms with Crippen LogP contribution in [0.25, 0.3) is 0 Å². The van der Waals surface area contributed by atoms with Crippen molar-refractivity contribution in [2.45, 2.75) is 26.3 Å². The van der Waals surface area contributed by atoms with Crippen molar-refractivity contribution in [3.05, 3.63) is 47.3 Å². The van der Waals surface area contributed by atoms with Gasteiger partial charge < -0.3 is 10.1 Å². The van der Waals surface area contributed by atoms with E-state index in [1.807, 2.05) is 17.9 Å². The molecule has 1 atom stereocenters. The lowest BCUT2D eigenvalue weighted by Gasteiger charge is -2.20. The highest BCUT2D eigenvalue weighted by molar-refractivity contribution is 5.39. The smallest absolute Gasteiger partial charge is 0.123 e. The molecule has 0 saturated carbocycles. The maximum absolute atomic E-state index is 5.53. The van der Waals surface area contributed by atoms with Crippen LogP contribution >= 0.6 is 0 Å². The topological polar surface area (TPSA) is 39.1 Å². The molecule has 0 amide bonds. The minimum Gasteiger partial charge on any atom is -0.496 e. The zero-order valence-electron chi connectivity index (χ0n) is 12.7. The van der Waals surface area contributed by atoms with Gasteiger partial charge in [0.1, 0.15) is 5.75 Å². The van der Waals surface area contributed by atoms with Crippen LogP contribution in [-0.4, -0.2) is 23.4 Å². The number of hydrogen-bond acceptors (Lipinski definition) is 3. The van der Waals surface area contributed by atoms with Crippen molar-refractivity contribution in [1.82, 2.24) is 15.1 Å². The summed E-state index contributed by atoms with van der Waals surface area (Å²) in [4.78, 5) is 0. The Balaban J connectivity index is 2.28. The van der Waals surface area contributed by atoms with Gasteiger partial charge >= 0.3 is 0 Å². The standard InChI is InChI=1S/C16H23N3O/c1-5-17-15(11-13-8-9-19(3)18-13)14-7-6-12(2)10-16(14)20-4/h6-10,15,17H,5,11H2,1-4H3. The summed E-state index contributed by atoms with van der Waals surface area (Å²) in [6.45, 7) is 5.11. The van der Waals surface area contributed by atoms with Gasteiger partial charge in [-0.05, 0) is 31.2 Å². The van der Waals surface area contributed by atoms with E-state index in [1.165, 1.54) is 11.1 Å². The minimum atomic E-state index is 0.213.